The van der Waals surface area contributed by atoms with Gasteiger partial charge in [0.1, 0.15) is 6.61 Å². The monoisotopic (exact) mass is 266 g/mol. The molecule has 0 radical (unpaired) electrons. The number of aliphatic hydroxyl groups is 1. The van der Waals surface area contributed by atoms with E-state index in [9.17, 15) is 9.90 Å². The highest BCUT2D eigenvalue weighted by Crippen LogP contribution is 2.23. The molecule has 1 aromatic carbocycles. The number of carbonyl (C=O) groups is 1. The highest BCUT2D eigenvalue weighted by atomic mass is 32.2. The average molecular weight is 266 g/mol. The van der Waals surface area contributed by atoms with Gasteiger partial charge in [0, 0.05) is 10.6 Å². The van der Waals surface area contributed by atoms with Crippen molar-refractivity contribution in [2.75, 3.05) is 12.4 Å². The summed E-state index contributed by atoms with van der Waals surface area (Å²) in [7, 11) is 0. The first-order valence-electron chi connectivity index (χ1n) is 5.65. The van der Waals surface area contributed by atoms with Crippen LogP contribution in [0.3, 0.4) is 0 Å². The lowest BCUT2D eigenvalue weighted by atomic mass is 10.1. The maximum absolute atomic E-state index is 11.6. The predicted octanol–water partition coefficient (Wildman–Crippen LogP) is 2.57. The zero-order chi connectivity index (χ0) is 13.6. The quantitative estimate of drug-likeness (QED) is 0.488. The minimum absolute atomic E-state index is 0.115. The van der Waals surface area contributed by atoms with E-state index in [-0.39, 0.29) is 12.4 Å². The maximum atomic E-state index is 11.6. The van der Waals surface area contributed by atoms with Crippen LogP contribution in [0.25, 0.3) is 0 Å². The number of thioether (sulfide) groups is 1. The second-order valence-corrected chi connectivity index (χ2v) is 5.31. The van der Waals surface area contributed by atoms with Gasteiger partial charge in [-0.15, -0.1) is 11.8 Å². The van der Waals surface area contributed by atoms with Crippen molar-refractivity contribution in [1.82, 2.24) is 0 Å². The molecule has 0 fully saturated rings. The van der Waals surface area contributed by atoms with E-state index < -0.39 is 11.6 Å². The fourth-order valence-electron chi connectivity index (χ4n) is 1.21. The molecule has 98 valence electrons. The lowest BCUT2D eigenvalue weighted by Gasteiger charge is -2.20. The molecule has 1 rings (SSSR count). The summed E-state index contributed by atoms with van der Waals surface area (Å²) in [6.07, 6.45) is 1.47. The SMILES string of the molecule is C=CCOC(=O)[C@](C)(O)CSc1ccc(C)cc1. The van der Waals surface area contributed by atoms with Crippen LogP contribution in [-0.4, -0.2) is 29.0 Å². The first-order valence-corrected chi connectivity index (χ1v) is 6.64. The summed E-state index contributed by atoms with van der Waals surface area (Å²) in [5.74, 6) is -0.367. The highest BCUT2D eigenvalue weighted by molar-refractivity contribution is 7.99. The topological polar surface area (TPSA) is 46.5 Å². The van der Waals surface area contributed by atoms with Gasteiger partial charge in [-0.3, -0.25) is 0 Å². The second-order valence-electron chi connectivity index (χ2n) is 4.26. The number of ether oxygens (including phenoxy) is 1. The number of carbonyl (C=O) groups excluding carboxylic acids is 1. The molecule has 18 heavy (non-hydrogen) atoms. The number of rotatable bonds is 6. The van der Waals surface area contributed by atoms with Crippen molar-refractivity contribution in [2.45, 2.75) is 24.3 Å². The third-order valence-electron chi connectivity index (χ3n) is 2.31. The third kappa shape index (κ3) is 4.55. The molecule has 0 saturated heterocycles. The third-order valence-corrected chi connectivity index (χ3v) is 3.62. The number of aryl methyl sites for hydroxylation is 1. The average Bonchev–Trinajstić information content (AvgIpc) is 2.35. The van der Waals surface area contributed by atoms with Crippen LogP contribution in [-0.2, 0) is 9.53 Å². The first kappa shape index (κ1) is 14.8. The van der Waals surface area contributed by atoms with Crippen molar-refractivity contribution in [3.8, 4) is 0 Å². The van der Waals surface area contributed by atoms with Crippen molar-refractivity contribution in [1.29, 1.82) is 0 Å². The van der Waals surface area contributed by atoms with Gasteiger partial charge in [-0.25, -0.2) is 4.79 Å². The zero-order valence-corrected chi connectivity index (χ0v) is 11.5. The molecule has 4 heteroatoms. The van der Waals surface area contributed by atoms with Crippen LogP contribution in [0.15, 0.2) is 41.8 Å². The minimum Gasteiger partial charge on any atom is -0.459 e. The summed E-state index contributed by atoms with van der Waals surface area (Å²) in [4.78, 5) is 12.6. The van der Waals surface area contributed by atoms with Gasteiger partial charge in [0.15, 0.2) is 5.60 Å². The fourth-order valence-corrected chi connectivity index (χ4v) is 2.10. The van der Waals surface area contributed by atoms with Crippen LogP contribution < -0.4 is 0 Å². The normalized spacial score (nSPS) is 13.7. The molecule has 0 unspecified atom stereocenters. The zero-order valence-electron chi connectivity index (χ0n) is 10.7. The summed E-state index contributed by atoms with van der Waals surface area (Å²) in [6.45, 7) is 7.04. The van der Waals surface area contributed by atoms with E-state index in [0.717, 1.165) is 4.90 Å². The van der Waals surface area contributed by atoms with Gasteiger partial charge in [0.25, 0.3) is 0 Å². The molecule has 1 N–H and O–H groups in total. The second kappa shape index (κ2) is 6.61. The Balaban J connectivity index is 2.52. The Bertz CT molecular complexity index is 410. The smallest absolute Gasteiger partial charge is 0.339 e. The van der Waals surface area contributed by atoms with Crippen molar-refractivity contribution < 1.29 is 14.6 Å². The maximum Gasteiger partial charge on any atom is 0.339 e. The van der Waals surface area contributed by atoms with E-state index >= 15 is 0 Å². The van der Waals surface area contributed by atoms with E-state index in [0.29, 0.717) is 0 Å². The van der Waals surface area contributed by atoms with E-state index in [1.807, 2.05) is 31.2 Å². The highest BCUT2D eigenvalue weighted by Gasteiger charge is 2.31. The van der Waals surface area contributed by atoms with E-state index in [1.54, 1.807) is 0 Å². The van der Waals surface area contributed by atoms with Gasteiger partial charge in [0.05, 0.1) is 0 Å². The van der Waals surface area contributed by atoms with Crippen LogP contribution in [0, 0.1) is 6.92 Å². The fraction of sp³-hybridized carbons (Fsp3) is 0.357. The van der Waals surface area contributed by atoms with Crippen LogP contribution in [0.4, 0.5) is 0 Å². The Labute approximate surface area is 112 Å². The van der Waals surface area contributed by atoms with Gasteiger partial charge in [-0.2, -0.15) is 0 Å². The summed E-state index contributed by atoms with van der Waals surface area (Å²) < 4.78 is 4.84. The molecule has 1 atom stereocenters. The molecular weight excluding hydrogens is 248 g/mol. The largest absolute Gasteiger partial charge is 0.459 e. The molecule has 0 bridgehead atoms. The number of hydrogen-bond acceptors (Lipinski definition) is 4. The Hall–Kier alpha value is -1.26. The lowest BCUT2D eigenvalue weighted by Crippen LogP contribution is -2.39. The van der Waals surface area contributed by atoms with Gasteiger partial charge < -0.3 is 9.84 Å². The van der Waals surface area contributed by atoms with Crippen molar-refractivity contribution in [2.24, 2.45) is 0 Å². The molecule has 0 aromatic heterocycles. The van der Waals surface area contributed by atoms with Gasteiger partial charge in [0.2, 0.25) is 0 Å². The summed E-state index contributed by atoms with van der Waals surface area (Å²) >= 11 is 1.42. The summed E-state index contributed by atoms with van der Waals surface area (Å²) in [5, 5.41) is 10.00. The Kier molecular flexibility index (Phi) is 5.44. The van der Waals surface area contributed by atoms with Gasteiger partial charge in [-0.1, -0.05) is 30.4 Å². The molecule has 0 heterocycles. The molecule has 0 aliphatic rings. The summed E-state index contributed by atoms with van der Waals surface area (Å²) in [5.41, 5.74) is -0.310. The van der Waals surface area contributed by atoms with E-state index in [4.69, 9.17) is 4.74 Å². The molecule has 0 spiro atoms. The first-order chi connectivity index (χ1) is 8.45. The summed E-state index contributed by atoms with van der Waals surface area (Å²) in [6, 6.07) is 7.91. The number of hydrogen-bond donors (Lipinski definition) is 1. The number of esters is 1. The van der Waals surface area contributed by atoms with Crippen molar-refractivity contribution in [3.63, 3.8) is 0 Å². The van der Waals surface area contributed by atoms with Crippen LogP contribution in [0.5, 0.6) is 0 Å². The molecular formula is C14H18O3S. The number of benzene rings is 1. The Morgan fingerprint density at radius 3 is 2.67 bits per heavy atom. The molecule has 0 aliphatic heterocycles. The molecule has 3 nitrogen and oxygen atoms in total. The van der Waals surface area contributed by atoms with Gasteiger partial charge in [-0.05, 0) is 26.0 Å². The molecule has 1 aromatic rings. The molecule has 0 saturated carbocycles. The standard InChI is InChI=1S/C14H18O3S/c1-4-9-17-13(15)14(3,16)10-18-12-7-5-11(2)6-8-12/h4-8,16H,1,9-10H2,2-3H3/t14-/m1/s1. The Morgan fingerprint density at radius 1 is 1.50 bits per heavy atom. The minimum atomic E-state index is -1.49. The lowest BCUT2D eigenvalue weighted by molar-refractivity contribution is -0.159. The predicted molar refractivity (Wildman–Crippen MR) is 73.7 cm³/mol. The molecule has 0 aliphatic carbocycles. The van der Waals surface area contributed by atoms with Crippen LogP contribution in [0.1, 0.15) is 12.5 Å². The van der Waals surface area contributed by atoms with Crippen LogP contribution >= 0.6 is 11.8 Å². The Morgan fingerprint density at radius 2 is 2.11 bits per heavy atom. The van der Waals surface area contributed by atoms with E-state index in [2.05, 4.69) is 6.58 Å². The van der Waals surface area contributed by atoms with E-state index in [1.165, 1.54) is 30.3 Å². The molecule has 0 amide bonds. The van der Waals surface area contributed by atoms with Gasteiger partial charge >= 0.3 is 5.97 Å². The van der Waals surface area contributed by atoms with Crippen molar-refractivity contribution >= 4 is 17.7 Å². The van der Waals surface area contributed by atoms with Crippen LogP contribution in [0.2, 0.25) is 0 Å². The van der Waals surface area contributed by atoms with Crippen molar-refractivity contribution in [3.05, 3.63) is 42.5 Å².